The van der Waals surface area contributed by atoms with Crippen LogP contribution in [0.15, 0.2) is 24.5 Å². The standard InChI is InChI=1S/C13H19N5O/c1-4-18-12(5-7-14-18)9-16(3)13(19)10-17-8-6-11(2)15-17/h5-8H,4,9-10H2,1-3H3. The van der Waals surface area contributed by atoms with Gasteiger partial charge in [-0.2, -0.15) is 10.2 Å². The predicted octanol–water partition coefficient (Wildman–Crippen LogP) is 1.07. The van der Waals surface area contributed by atoms with E-state index in [9.17, 15) is 4.79 Å². The highest BCUT2D eigenvalue weighted by Crippen LogP contribution is 2.04. The summed E-state index contributed by atoms with van der Waals surface area (Å²) in [7, 11) is 1.80. The van der Waals surface area contributed by atoms with E-state index in [1.165, 1.54) is 0 Å². The van der Waals surface area contributed by atoms with Crippen LogP contribution in [0.3, 0.4) is 0 Å². The molecular weight excluding hydrogens is 242 g/mol. The van der Waals surface area contributed by atoms with Gasteiger partial charge in [-0.3, -0.25) is 14.2 Å². The van der Waals surface area contributed by atoms with Gasteiger partial charge in [0.05, 0.1) is 17.9 Å². The van der Waals surface area contributed by atoms with Gasteiger partial charge in [-0.05, 0) is 26.0 Å². The second-order valence-corrected chi connectivity index (χ2v) is 4.54. The van der Waals surface area contributed by atoms with Crippen LogP contribution in [0.2, 0.25) is 0 Å². The molecule has 0 saturated carbocycles. The first kappa shape index (κ1) is 13.3. The largest absolute Gasteiger partial charge is 0.338 e. The first-order chi connectivity index (χ1) is 9.10. The number of carbonyl (C=O) groups is 1. The Morgan fingerprint density at radius 3 is 2.84 bits per heavy atom. The average Bonchev–Trinajstić information content (AvgIpc) is 2.98. The number of hydrogen-bond donors (Lipinski definition) is 0. The fraction of sp³-hybridized carbons (Fsp3) is 0.462. The zero-order valence-electron chi connectivity index (χ0n) is 11.6. The molecule has 0 spiro atoms. The van der Waals surface area contributed by atoms with E-state index < -0.39 is 0 Å². The normalized spacial score (nSPS) is 10.7. The monoisotopic (exact) mass is 261 g/mol. The van der Waals surface area contributed by atoms with Gasteiger partial charge in [0, 0.05) is 26.0 Å². The van der Waals surface area contributed by atoms with Crippen molar-refractivity contribution in [3.8, 4) is 0 Å². The summed E-state index contributed by atoms with van der Waals surface area (Å²) in [6, 6.07) is 3.82. The van der Waals surface area contributed by atoms with Crippen LogP contribution in [0.25, 0.3) is 0 Å². The van der Waals surface area contributed by atoms with E-state index in [0.29, 0.717) is 6.54 Å². The Morgan fingerprint density at radius 1 is 1.42 bits per heavy atom. The second kappa shape index (κ2) is 5.69. The third kappa shape index (κ3) is 3.21. The number of carbonyl (C=O) groups excluding carboxylic acids is 1. The van der Waals surface area contributed by atoms with Crippen LogP contribution in [-0.2, 0) is 24.4 Å². The van der Waals surface area contributed by atoms with Gasteiger partial charge < -0.3 is 4.90 Å². The van der Waals surface area contributed by atoms with Gasteiger partial charge in [0.2, 0.25) is 5.91 Å². The second-order valence-electron chi connectivity index (χ2n) is 4.54. The van der Waals surface area contributed by atoms with Gasteiger partial charge >= 0.3 is 0 Å². The van der Waals surface area contributed by atoms with Gasteiger partial charge in [-0.15, -0.1) is 0 Å². The summed E-state index contributed by atoms with van der Waals surface area (Å²) in [5.74, 6) is 0.0342. The first-order valence-corrected chi connectivity index (χ1v) is 6.35. The van der Waals surface area contributed by atoms with E-state index in [4.69, 9.17) is 0 Å². The van der Waals surface area contributed by atoms with Crippen molar-refractivity contribution in [1.82, 2.24) is 24.5 Å². The molecule has 1 amide bonds. The molecule has 0 aromatic carbocycles. The summed E-state index contributed by atoms with van der Waals surface area (Å²) in [4.78, 5) is 13.8. The Balaban J connectivity index is 1.96. The number of aromatic nitrogens is 4. The SMILES string of the molecule is CCn1nccc1CN(C)C(=O)Cn1ccc(C)n1. The maximum atomic E-state index is 12.1. The lowest BCUT2D eigenvalue weighted by atomic mass is 10.3. The van der Waals surface area contributed by atoms with Crippen molar-refractivity contribution in [2.75, 3.05) is 7.05 Å². The maximum absolute atomic E-state index is 12.1. The van der Waals surface area contributed by atoms with E-state index in [0.717, 1.165) is 17.9 Å². The van der Waals surface area contributed by atoms with Crippen LogP contribution in [0, 0.1) is 6.92 Å². The summed E-state index contributed by atoms with van der Waals surface area (Å²) in [5, 5.41) is 8.41. The molecule has 0 saturated heterocycles. The molecule has 0 fully saturated rings. The highest BCUT2D eigenvalue weighted by molar-refractivity contribution is 5.75. The molecule has 2 aromatic rings. The van der Waals surface area contributed by atoms with Crippen LogP contribution in [0.1, 0.15) is 18.3 Å². The average molecular weight is 261 g/mol. The van der Waals surface area contributed by atoms with Crippen molar-refractivity contribution >= 4 is 5.91 Å². The van der Waals surface area contributed by atoms with E-state index in [1.54, 1.807) is 22.8 Å². The van der Waals surface area contributed by atoms with Gasteiger partial charge in [0.25, 0.3) is 0 Å². The Bertz CT molecular complexity index is 557. The predicted molar refractivity (Wildman–Crippen MR) is 71.3 cm³/mol. The van der Waals surface area contributed by atoms with Gasteiger partial charge in [0.15, 0.2) is 0 Å². The molecule has 0 unspecified atom stereocenters. The lowest BCUT2D eigenvalue weighted by molar-refractivity contribution is -0.131. The number of rotatable bonds is 5. The van der Waals surface area contributed by atoms with Crippen LogP contribution >= 0.6 is 0 Å². The molecular formula is C13H19N5O. The topological polar surface area (TPSA) is 56.0 Å². The molecule has 2 heterocycles. The van der Waals surface area contributed by atoms with Crippen molar-refractivity contribution < 1.29 is 4.79 Å². The molecule has 6 heteroatoms. The zero-order chi connectivity index (χ0) is 13.8. The minimum absolute atomic E-state index is 0.0342. The molecule has 6 nitrogen and oxygen atoms in total. The lowest BCUT2D eigenvalue weighted by Gasteiger charge is -2.17. The van der Waals surface area contributed by atoms with Crippen LogP contribution in [0.4, 0.5) is 0 Å². The summed E-state index contributed by atoms with van der Waals surface area (Å²) in [5.41, 5.74) is 1.95. The molecule has 102 valence electrons. The molecule has 0 aliphatic heterocycles. The molecule has 19 heavy (non-hydrogen) atoms. The minimum atomic E-state index is 0.0342. The first-order valence-electron chi connectivity index (χ1n) is 6.35. The Morgan fingerprint density at radius 2 is 2.21 bits per heavy atom. The molecule has 2 aromatic heterocycles. The third-order valence-corrected chi connectivity index (χ3v) is 3.00. The van der Waals surface area contributed by atoms with Gasteiger partial charge in [0.1, 0.15) is 6.54 Å². The van der Waals surface area contributed by atoms with E-state index >= 15 is 0 Å². The van der Waals surface area contributed by atoms with E-state index in [2.05, 4.69) is 10.2 Å². The van der Waals surface area contributed by atoms with Gasteiger partial charge in [-0.1, -0.05) is 0 Å². The number of likely N-dealkylation sites (N-methyl/N-ethyl adjacent to an activating group) is 1. The third-order valence-electron chi connectivity index (χ3n) is 3.00. The Labute approximate surface area is 112 Å². The molecule has 0 radical (unpaired) electrons. The number of amides is 1. The maximum Gasteiger partial charge on any atom is 0.244 e. The summed E-state index contributed by atoms with van der Waals surface area (Å²) in [6.45, 7) is 5.58. The molecule has 0 aliphatic rings. The quantitative estimate of drug-likeness (QED) is 0.809. The summed E-state index contributed by atoms with van der Waals surface area (Å²) < 4.78 is 3.55. The van der Waals surface area contributed by atoms with Gasteiger partial charge in [-0.25, -0.2) is 0 Å². The lowest BCUT2D eigenvalue weighted by Crippen LogP contribution is -2.30. The van der Waals surface area contributed by atoms with Crippen molar-refractivity contribution in [3.63, 3.8) is 0 Å². The van der Waals surface area contributed by atoms with E-state index in [-0.39, 0.29) is 12.5 Å². The van der Waals surface area contributed by atoms with Crippen molar-refractivity contribution in [3.05, 3.63) is 35.9 Å². The zero-order valence-corrected chi connectivity index (χ0v) is 11.6. The molecule has 0 bridgehead atoms. The van der Waals surface area contributed by atoms with Crippen LogP contribution in [0.5, 0.6) is 0 Å². The summed E-state index contributed by atoms with van der Waals surface area (Å²) >= 11 is 0. The highest BCUT2D eigenvalue weighted by atomic mass is 16.2. The fourth-order valence-electron chi connectivity index (χ4n) is 1.92. The fourth-order valence-corrected chi connectivity index (χ4v) is 1.92. The highest BCUT2D eigenvalue weighted by Gasteiger charge is 2.12. The molecule has 2 rings (SSSR count). The minimum Gasteiger partial charge on any atom is -0.338 e. The number of aryl methyl sites for hydroxylation is 2. The number of hydrogen-bond acceptors (Lipinski definition) is 3. The smallest absolute Gasteiger partial charge is 0.244 e. The van der Waals surface area contributed by atoms with Crippen molar-refractivity contribution in [2.45, 2.75) is 33.5 Å². The van der Waals surface area contributed by atoms with Crippen molar-refractivity contribution in [2.24, 2.45) is 0 Å². The molecule has 0 atom stereocenters. The van der Waals surface area contributed by atoms with Crippen LogP contribution < -0.4 is 0 Å². The number of nitrogens with zero attached hydrogens (tertiary/aromatic N) is 5. The molecule has 0 aliphatic carbocycles. The molecule has 0 N–H and O–H groups in total. The summed E-state index contributed by atoms with van der Waals surface area (Å²) in [6.07, 6.45) is 3.57. The van der Waals surface area contributed by atoms with Crippen LogP contribution in [-0.4, -0.2) is 37.4 Å². The Hall–Kier alpha value is -2.11. The van der Waals surface area contributed by atoms with Crippen molar-refractivity contribution in [1.29, 1.82) is 0 Å². The van der Waals surface area contributed by atoms with E-state index in [1.807, 2.05) is 36.9 Å². The Kier molecular flexibility index (Phi) is 3.99.